The second kappa shape index (κ2) is 6.69. The minimum atomic E-state index is -1.32. The fraction of sp³-hybridized carbons (Fsp3) is 0.267. The summed E-state index contributed by atoms with van der Waals surface area (Å²) in [6.07, 6.45) is 0.119. The first-order valence-corrected chi connectivity index (χ1v) is 6.17. The number of rotatable bonds is 6. The Morgan fingerprint density at radius 3 is 2.29 bits per heavy atom. The molecule has 1 aromatic carbocycles. The van der Waals surface area contributed by atoms with Gasteiger partial charge in [0, 0.05) is 12.0 Å². The van der Waals surface area contributed by atoms with E-state index in [1.165, 1.54) is 19.1 Å². The van der Waals surface area contributed by atoms with Crippen LogP contribution in [0, 0.1) is 6.92 Å². The first-order chi connectivity index (χ1) is 9.75. The summed E-state index contributed by atoms with van der Waals surface area (Å²) >= 11 is 0. The van der Waals surface area contributed by atoms with E-state index in [1.54, 1.807) is 6.92 Å². The number of esters is 1. The number of ether oxygens (including phenoxy) is 1. The lowest BCUT2D eigenvalue weighted by Crippen LogP contribution is -2.15. The molecule has 0 unspecified atom stereocenters. The Morgan fingerprint density at radius 1 is 1.19 bits per heavy atom. The number of carbonyl (C=O) groups excluding carboxylic acids is 1. The molecular weight excluding hydrogens is 276 g/mol. The second-order valence-electron chi connectivity index (χ2n) is 4.56. The molecule has 21 heavy (non-hydrogen) atoms. The Labute approximate surface area is 121 Å². The quantitative estimate of drug-likeness (QED) is 0.614. The van der Waals surface area contributed by atoms with Gasteiger partial charge in [0.1, 0.15) is 0 Å². The van der Waals surface area contributed by atoms with Crippen LogP contribution in [-0.2, 0) is 16.0 Å². The largest absolute Gasteiger partial charge is 0.478 e. The standard InChI is InChI=1S/C15H16O6/c1-8(2)15(20)21-7-6-10-9(3)4-5-11(13(16)17)12(10)14(18)19/h4-5H,1,6-7H2,2-3H3,(H,16,17)(H,18,19). The third kappa shape index (κ3) is 3.92. The van der Waals surface area contributed by atoms with Crippen LogP contribution in [0.3, 0.4) is 0 Å². The van der Waals surface area contributed by atoms with Gasteiger partial charge in [0.15, 0.2) is 0 Å². The molecule has 112 valence electrons. The van der Waals surface area contributed by atoms with Gasteiger partial charge in [-0.05, 0) is 31.0 Å². The Hall–Kier alpha value is -2.63. The Balaban J connectivity index is 3.08. The molecule has 0 atom stereocenters. The normalized spacial score (nSPS) is 10.0. The van der Waals surface area contributed by atoms with Crippen LogP contribution in [0.4, 0.5) is 0 Å². The zero-order valence-corrected chi connectivity index (χ0v) is 11.8. The van der Waals surface area contributed by atoms with Crippen molar-refractivity contribution >= 4 is 17.9 Å². The van der Waals surface area contributed by atoms with Crippen LogP contribution >= 0.6 is 0 Å². The predicted molar refractivity (Wildman–Crippen MR) is 74.6 cm³/mol. The Kier molecular flexibility index (Phi) is 5.24. The van der Waals surface area contributed by atoms with Gasteiger partial charge in [-0.3, -0.25) is 0 Å². The lowest BCUT2D eigenvalue weighted by molar-refractivity contribution is -0.138. The van der Waals surface area contributed by atoms with Crippen LogP contribution in [-0.4, -0.2) is 34.7 Å². The summed E-state index contributed by atoms with van der Waals surface area (Å²) in [5, 5.41) is 18.3. The van der Waals surface area contributed by atoms with Crippen LogP contribution in [0.2, 0.25) is 0 Å². The molecule has 0 fully saturated rings. The molecule has 0 spiro atoms. The summed E-state index contributed by atoms with van der Waals surface area (Å²) in [4.78, 5) is 33.7. The molecule has 0 saturated carbocycles. The summed E-state index contributed by atoms with van der Waals surface area (Å²) in [6, 6.07) is 2.79. The number of hydrogen-bond donors (Lipinski definition) is 2. The topological polar surface area (TPSA) is 101 Å². The zero-order valence-electron chi connectivity index (χ0n) is 11.8. The maximum atomic E-state index is 11.3. The molecular formula is C15H16O6. The average Bonchev–Trinajstić information content (AvgIpc) is 2.39. The molecule has 0 aliphatic rings. The van der Waals surface area contributed by atoms with Crippen LogP contribution in [0.5, 0.6) is 0 Å². The maximum absolute atomic E-state index is 11.3. The first-order valence-electron chi connectivity index (χ1n) is 6.17. The third-order valence-electron chi connectivity index (χ3n) is 2.93. The minimum absolute atomic E-state index is 0.0457. The monoisotopic (exact) mass is 292 g/mol. The lowest BCUT2D eigenvalue weighted by Gasteiger charge is -2.12. The van der Waals surface area contributed by atoms with Gasteiger partial charge in [0.25, 0.3) is 0 Å². The highest BCUT2D eigenvalue weighted by molar-refractivity contribution is 6.03. The summed E-state index contributed by atoms with van der Waals surface area (Å²) in [5.74, 6) is -3.20. The van der Waals surface area contributed by atoms with E-state index in [-0.39, 0.29) is 29.7 Å². The number of carboxylic acids is 2. The summed E-state index contributed by atoms with van der Waals surface area (Å²) < 4.78 is 4.92. The number of aryl methyl sites for hydroxylation is 1. The van der Waals surface area contributed by atoms with Crippen molar-refractivity contribution in [2.75, 3.05) is 6.61 Å². The van der Waals surface area contributed by atoms with E-state index in [9.17, 15) is 19.5 Å². The Bertz CT molecular complexity index is 615. The van der Waals surface area contributed by atoms with E-state index >= 15 is 0 Å². The van der Waals surface area contributed by atoms with Crippen molar-refractivity contribution < 1.29 is 29.3 Å². The van der Waals surface area contributed by atoms with Crippen LogP contribution in [0.15, 0.2) is 24.3 Å². The smallest absolute Gasteiger partial charge is 0.336 e. The van der Waals surface area contributed by atoms with Gasteiger partial charge < -0.3 is 14.9 Å². The molecule has 0 amide bonds. The van der Waals surface area contributed by atoms with Crippen molar-refractivity contribution in [1.29, 1.82) is 0 Å². The molecule has 6 nitrogen and oxygen atoms in total. The molecule has 1 aromatic rings. The highest BCUT2D eigenvalue weighted by atomic mass is 16.5. The molecule has 6 heteroatoms. The van der Waals surface area contributed by atoms with E-state index in [0.717, 1.165) is 0 Å². The van der Waals surface area contributed by atoms with Gasteiger partial charge in [-0.15, -0.1) is 0 Å². The molecule has 0 radical (unpaired) electrons. The van der Waals surface area contributed by atoms with Gasteiger partial charge in [0.05, 0.1) is 17.7 Å². The molecule has 0 saturated heterocycles. The number of aromatic carboxylic acids is 2. The fourth-order valence-electron chi connectivity index (χ4n) is 1.87. The van der Waals surface area contributed by atoms with Crippen molar-refractivity contribution in [3.8, 4) is 0 Å². The van der Waals surface area contributed by atoms with Crippen molar-refractivity contribution in [3.63, 3.8) is 0 Å². The number of carboxylic acid groups (broad SMARTS) is 2. The highest BCUT2D eigenvalue weighted by Crippen LogP contribution is 2.20. The van der Waals surface area contributed by atoms with Crippen molar-refractivity contribution in [3.05, 3.63) is 46.5 Å². The van der Waals surface area contributed by atoms with Gasteiger partial charge in [-0.1, -0.05) is 12.6 Å². The molecule has 1 rings (SSSR count). The summed E-state index contributed by atoms with van der Waals surface area (Å²) in [5.41, 5.74) is 0.661. The second-order valence-corrected chi connectivity index (χ2v) is 4.56. The lowest BCUT2D eigenvalue weighted by atomic mass is 9.94. The highest BCUT2D eigenvalue weighted by Gasteiger charge is 2.21. The number of benzene rings is 1. The average molecular weight is 292 g/mol. The van der Waals surface area contributed by atoms with E-state index in [4.69, 9.17) is 9.84 Å². The molecule has 0 aromatic heterocycles. The van der Waals surface area contributed by atoms with Gasteiger partial charge in [-0.2, -0.15) is 0 Å². The molecule has 0 bridgehead atoms. The van der Waals surface area contributed by atoms with Crippen molar-refractivity contribution in [1.82, 2.24) is 0 Å². The van der Waals surface area contributed by atoms with Gasteiger partial charge in [0.2, 0.25) is 0 Å². The van der Waals surface area contributed by atoms with E-state index < -0.39 is 17.9 Å². The molecule has 0 aliphatic heterocycles. The van der Waals surface area contributed by atoms with Gasteiger partial charge in [-0.25, -0.2) is 14.4 Å². The van der Waals surface area contributed by atoms with E-state index in [0.29, 0.717) is 11.1 Å². The van der Waals surface area contributed by atoms with Crippen molar-refractivity contribution in [2.24, 2.45) is 0 Å². The van der Waals surface area contributed by atoms with Crippen LogP contribution in [0.1, 0.15) is 38.8 Å². The van der Waals surface area contributed by atoms with Crippen LogP contribution < -0.4 is 0 Å². The Morgan fingerprint density at radius 2 is 1.81 bits per heavy atom. The van der Waals surface area contributed by atoms with E-state index in [1.807, 2.05) is 0 Å². The summed E-state index contributed by atoms with van der Waals surface area (Å²) in [6.45, 7) is 6.57. The molecule has 0 heterocycles. The zero-order chi connectivity index (χ0) is 16.2. The molecule has 2 N–H and O–H groups in total. The first kappa shape index (κ1) is 16.4. The SMILES string of the molecule is C=C(C)C(=O)OCCc1c(C)ccc(C(=O)O)c1C(=O)O. The van der Waals surface area contributed by atoms with Crippen LogP contribution in [0.25, 0.3) is 0 Å². The summed E-state index contributed by atoms with van der Waals surface area (Å²) in [7, 11) is 0. The number of carbonyl (C=O) groups is 3. The van der Waals surface area contributed by atoms with Gasteiger partial charge >= 0.3 is 17.9 Å². The van der Waals surface area contributed by atoms with Crippen molar-refractivity contribution in [2.45, 2.75) is 20.3 Å². The maximum Gasteiger partial charge on any atom is 0.336 e. The minimum Gasteiger partial charge on any atom is -0.478 e. The number of hydrogen-bond acceptors (Lipinski definition) is 4. The van der Waals surface area contributed by atoms with E-state index in [2.05, 4.69) is 6.58 Å². The third-order valence-corrected chi connectivity index (χ3v) is 2.93. The fourth-order valence-corrected chi connectivity index (χ4v) is 1.87. The predicted octanol–water partition coefficient (Wildman–Crippen LogP) is 2.05. The molecule has 0 aliphatic carbocycles.